The normalized spacial score (nSPS) is 10.6. The van der Waals surface area contributed by atoms with E-state index in [2.05, 4.69) is 10.3 Å². The van der Waals surface area contributed by atoms with Gasteiger partial charge in [0.1, 0.15) is 16.3 Å². The number of carboxylic acid groups (broad SMARTS) is 1. The summed E-state index contributed by atoms with van der Waals surface area (Å²) in [5.74, 6) is -0.471. The summed E-state index contributed by atoms with van der Waals surface area (Å²) in [6.45, 7) is 0.272. The summed E-state index contributed by atoms with van der Waals surface area (Å²) >= 11 is 1.45. The number of para-hydroxylation sites is 1. The standard InChI is InChI=1S/C18H16N2O4S/c1-24-13-6-3-7-14-17(13)20-16(25-14)9-15(21)19-10-11-4-2-5-12(8-11)18(22)23/h2-8H,9-10H2,1H3,(H,19,21)(H,22,23). The Morgan fingerprint density at radius 1 is 1.24 bits per heavy atom. The molecule has 1 amide bonds. The van der Waals surface area contributed by atoms with Gasteiger partial charge in [0, 0.05) is 6.54 Å². The Morgan fingerprint density at radius 2 is 2.04 bits per heavy atom. The second-order valence-corrected chi connectivity index (χ2v) is 6.49. The van der Waals surface area contributed by atoms with E-state index >= 15 is 0 Å². The van der Waals surface area contributed by atoms with Gasteiger partial charge in [0.15, 0.2) is 0 Å². The van der Waals surface area contributed by atoms with Crippen LogP contribution in [0.25, 0.3) is 10.2 Å². The average molecular weight is 356 g/mol. The molecule has 2 N–H and O–H groups in total. The Balaban J connectivity index is 1.65. The maximum absolute atomic E-state index is 12.1. The molecular formula is C18H16N2O4S. The molecule has 0 fully saturated rings. The second-order valence-electron chi connectivity index (χ2n) is 5.37. The summed E-state index contributed by atoms with van der Waals surface area (Å²) in [5, 5.41) is 12.5. The van der Waals surface area contributed by atoms with Crippen molar-refractivity contribution in [1.29, 1.82) is 0 Å². The SMILES string of the molecule is COc1cccc2sc(CC(=O)NCc3cccc(C(=O)O)c3)nc12. The number of benzene rings is 2. The Labute approximate surface area is 148 Å². The Bertz CT molecular complexity index is 936. The van der Waals surface area contributed by atoms with E-state index < -0.39 is 5.97 Å². The number of ether oxygens (including phenoxy) is 1. The number of methoxy groups -OCH3 is 1. The maximum Gasteiger partial charge on any atom is 0.335 e. The van der Waals surface area contributed by atoms with Crippen molar-refractivity contribution in [1.82, 2.24) is 10.3 Å². The first-order chi connectivity index (χ1) is 12.1. The molecule has 0 aliphatic carbocycles. The summed E-state index contributed by atoms with van der Waals surface area (Å²) < 4.78 is 6.25. The first-order valence-electron chi connectivity index (χ1n) is 7.58. The van der Waals surface area contributed by atoms with E-state index in [0.29, 0.717) is 10.8 Å². The Hall–Kier alpha value is -2.93. The maximum atomic E-state index is 12.1. The number of aromatic carboxylic acids is 1. The van der Waals surface area contributed by atoms with Crippen LogP contribution < -0.4 is 10.1 Å². The molecule has 0 saturated heterocycles. The van der Waals surface area contributed by atoms with E-state index in [1.807, 2.05) is 18.2 Å². The molecule has 1 heterocycles. The second kappa shape index (κ2) is 7.31. The first-order valence-corrected chi connectivity index (χ1v) is 8.40. The van der Waals surface area contributed by atoms with Crippen LogP contribution in [0.2, 0.25) is 0 Å². The molecule has 6 nitrogen and oxygen atoms in total. The van der Waals surface area contributed by atoms with Crippen molar-refractivity contribution in [2.45, 2.75) is 13.0 Å². The van der Waals surface area contributed by atoms with Crippen LogP contribution in [-0.4, -0.2) is 29.1 Å². The Kier molecular flexibility index (Phi) is 4.95. The predicted octanol–water partition coefficient (Wildman–Crippen LogP) is 2.86. The molecule has 128 valence electrons. The zero-order valence-corrected chi connectivity index (χ0v) is 14.3. The van der Waals surface area contributed by atoms with Crippen molar-refractivity contribution in [3.05, 3.63) is 58.6 Å². The van der Waals surface area contributed by atoms with E-state index in [9.17, 15) is 9.59 Å². The van der Waals surface area contributed by atoms with Crippen molar-refractivity contribution < 1.29 is 19.4 Å². The lowest BCUT2D eigenvalue weighted by Crippen LogP contribution is -2.24. The Morgan fingerprint density at radius 3 is 2.80 bits per heavy atom. The van der Waals surface area contributed by atoms with Crippen LogP contribution in [0, 0.1) is 0 Å². The molecule has 0 aliphatic heterocycles. The summed E-state index contributed by atoms with van der Waals surface area (Å²) in [6, 6.07) is 12.2. The lowest BCUT2D eigenvalue weighted by molar-refractivity contribution is -0.120. The van der Waals surface area contributed by atoms with E-state index in [4.69, 9.17) is 9.84 Å². The lowest BCUT2D eigenvalue weighted by Gasteiger charge is -2.05. The number of nitrogens with one attached hydrogen (secondary N) is 1. The van der Waals surface area contributed by atoms with E-state index in [1.54, 1.807) is 25.3 Å². The molecule has 3 aromatic rings. The van der Waals surface area contributed by atoms with Crippen molar-refractivity contribution in [2.24, 2.45) is 0 Å². The summed E-state index contributed by atoms with van der Waals surface area (Å²) in [7, 11) is 1.59. The van der Waals surface area contributed by atoms with Crippen LogP contribution in [0.4, 0.5) is 0 Å². The van der Waals surface area contributed by atoms with Gasteiger partial charge in [-0.1, -0.05) is 18.2 Å². The van der Waals surface area contributed by atoms with Crippen LogP contribution in [0.15, 0.2) is 42.5 Å². The molecule has 0 bridgehead atoms. The van der Waals surface area contributed by atoms with Crippen molar-refractivity contribution in [3.63, 3.8) is 0 Å². The van der Waals surface area contributed by atoms with E-state index in [0.717, 1.165) is 15.8 Å². The highest BCUT2D eigenvalue weighted by molar-refractivity contribution is 7.18. The molecule has 3 rings (SSSR count). The minimum Gasteiger partial charge on any atom is -0.494 e. The fourth-order valence-corrected chi connectivity index (χ4v) is 3.41. The number of hydrogen-bond acceptors (Lipinski definition) is 5. The topological polar surface area (TPSA) is 88.5 Å². The number of amides is 1. The van der Waals surface area contributed by atoms with Crippen LogP contribution in [-0.2, 0) is 17.8 Å². The molecule has 0 aliphatic rings. The molecule has 7 heteroatoms. The number of thiazole rings is 1. The number of carboxylic acids is 1. The molecule has 0 unspecified atom stereocenters. The van der Waals surface area contributed by atoms with Crippen LogP contribution >= 0.6 is 11.3 Å². The van der Waals surface area contributed by atoms with Crippen LogP contribution in [0.1, 0.15) is 20.9 Å². The van der Waals surface area contributed by atoms with Gasteiger partial charge in [-0.3, -0.25) is 4.79 Å². The fourth-order valence-electron chi connectivity index (χ4n) is 2.42. The van der Waals surface area contributed by atoms with Gasteiger partial charge in [-0.2, -0.15) is 0 Å². The lowest BCUT2D eigenvalue weighted by atomic mass is 10.1. The largest absolute Gasteiger partial charge is 0.494 e. The number of fused-ring (bicyclic) bond motifs is 1. The molecule has 0 spiro atoms. The van der Waals surface area contributed by atoms with Gasteiger partial charge in [0.05, 0.1) is 23.8 Å². The monoisotopic (exact) mass is 356 g/mol. The van der Waals surface area contributed by atoms with Gasteiger partial charge >= 0.3 is 5.97 Å². The highest BCUT2D eigenvalue weighted by atomic mass is 32.1. The highest BCUT2D eigenvalue weighted by Crippen LogP contribution is 2.29. The third-order valence-corrected chi connectivity index (χ3v) is 4.64. The molecule has 0 radical (unpaired) electrons. The number of nitrogens with zero attached hydrogens (tertiary/aromatic N) is 1. The molecule has 25 heavy (non-hydrogen) atoms. The third-order valence-electron chi connectivity index (χ3n) is 3.62. The van der Waals surface area contributed by atoms with Gasteiger partial charge in [0.25, 0.3) is 0 Å². The van der Waals surface area contributed by atoms with Gasteiger partial charge in [-0.15, -0.1) is 11.3 Å². The van der Waals surface area contributed by atoms with Crippen molar-refractivity contribution >= 4 is 33.4 Å². The number of carbonyl (C=O) groups is 2. The molecular weight excluding hydrogens is 340 g/mol. The summed E-state index contributed by atoms with van der Waals surface area (Å²) in [4.78, 5) is 27.6. The summed E-state index contributed by atoms with van der Waals surface area (Å²) in [6.07, 6.45) is 0.168. The van der Waals surface area contributed by atoms with Crippen LogP contribution in [0.3, 0.4) is 0 Å². The molecule has 2 aromatic carbocycles. The van der Waals surface area contributed by atoms with E-state index in [-0.39, 0.29) is 24.4 Å². The number of carbonyl (C=O) groups excluding carboxylic acids is 1. The molecule has 1 aromatic heterocycles. The zero-order valence-electron chi connectivity index (χ0n) is 13.5. The van der Waals surface area contributed by atoms with Crippen LogP contribution in [0.5, 0.6) is 5.75 Å². The fraction of sp³-hybridized carbons (Fsp3) is 0.167. The number of aromatic nitrogens is 1. The van der Waals surface area contributed by atoms with Gasteiger partial charge in [-0.25, -0.2) is 9.78 Å². The minimum atomic E-state index is -0.989. The number of rotatable bonds is 6. The zero-order chi connectivity index (χ0) is 17.8. The van der Waals surface area contributed by atoms with Gasteiger partial charge in [-0.05, 0) is 29.8 Å². The molecule has 0 saturated carbocycles. The van der Waals surface area contributed by atoms with Crippen molar-refractivity contribution in [3.8, 4) is 5.75 Å². The van der Waals surface area contributed by atoms with Gasteiger partial charge in [0.2, 0.25) is 5.91 Å². The quantitative estimate of drug-likeness (QED) is 0.709. The summed E-state index contributed by atoms with van der Waals surface area (Å²) in [5.41, 5.74) is 1.69. The van der Waals surface area contributed by atoms with Gasteiger partial charge < -0.3 is 15.2 Å². The smallest absolute Gasteiger partial charge is 0.335 e. The van der Waals surface area contributed by atoms with E-state index in [1.165, 1.54) is 17.4 Å². The predicted molar refractivity (Wildman–Crippen MR) is 95.1 cm³/mol. The first kappa shape index (κ1) is 16.9. The van der Waals surface area contributed by atoms with Crippen molar-refractivity contribution in [2.75, 3.05) is 7.11 Å². The molecule has 0 atom stereocenters. The minimum absolute atomic E-state index is 0.168. The average Bonchev–Trinajstić information content (AvgIpc) is 3.02. The highest BCUT2D eigenvalue weighted by Gasteiger charge is 2.12. The third kappa shape index (κ3) is 3.95. The number of hydrogen-bond donors (Lipinski definition) is 2.